The Labute approximate surface area is 111 Å². The van der Waals surface area contributed by atoms with Gasteiger partial charge in [0.2, 0.25) is 0 Å². The zero-order valence-electron chi connectivity index (χ0n) is 9.59. The van der Waals surface area contributed by atoms with Gasteiger partial charge in [0.15, 0.2) is 0 Å². The van der Waals surface area contributed by atoms with Crippen molar-refractivity contribution in [3.05, 3.63) is 22.3 Å². The summed E-state index contributed by atoms with van der Waals surface area (Å²) in [7, 11) is 0. The van der Waals surface area contributed by atoms with Crippen LogP contribution in [0.5, 0.6) is 0 Å². The fraction of sp³-hybridized carbons (Fsp3) is 0.545. The fourth-order valence-electron chi connectivity index (χ4n) is 1.87. The molecule has 0 spiro atoms. The number of ether oxygens (including phenoxy) is 1. The minimum Gasteiger partial charge on any atom is -0.376 e. The van der Waals surface area contributed by atoms with Crippen molar-refractivity contribution >= 4 is 21.7 Å². The monoisotopic (exact) mass is 324 g/mol. The molecule has 0 aromatic carbocycles. The number of nitrogens with zero attached hydrogens (tertiary/aromatic N) is 1. The lowest BCUT2D eigenvalue weighted by Crippen LogP contribution is -2.28. The van der Waals surface area contributed by atoms with E-state index in [9.17, 15) is 13.2 Å². The lowest BCUT2D eigenvalue weighted by molar-refractivity contribution is -0.137. The van der Waals surface area contributed by atoms with Crippen molar-refractivity contribution in [3.63, 3.8) is 0 Å². The van der Waals surface area contributed by atoms with Gasteiger partial charge in [-0.1, -0.05) is 0 Å². The van der Waals surface area contributed by atoms with Crippen LogP contribution in [0.4, 0.5) is 19.0 Å². The maximum atomic E-state index is 12.9. The van der Waals surface area contributed by atoms with Crippen LogP contribution in [-0.2, 0) is 10.9 Å². The third-order valence-corrected chi connectivity index (χ3v) is 3.29. The number of rotatable bonds is 2. The summed E-state index contributed by atoms with van der Waals surface area (Å²) in [6.45, 7) is 2.38. The van der Waals surface area contributed by atoms with E-state index in [2.05, 4.69) is 26.2 Å². The summed E-state index contributed by atoms with van der Waals surface area (Å²) >= 11 is 3.00. The second-order valence-electron chi connectivity index (χ2n) is 4.16. The van der Waals surface area contributed by atoms with E-state index in [-0.39, 0.29) is 18.0 Å². The second kappa shape index (κ2) is 5.05. The van der Waals surface area contributed by atoms with Crippen molar-refractivity contribution in [2.75, 3.05) is 11.9 Å². The summed E-state index contributed by atoms with van der Waals surface area (Å²) in [5.74, 6) is -0.145. The number of pyridine rings is 1. The van der Waals surface area contributed by atoms with Crippen LogP contribution in [0.2, 0.25) is 0 Å². The molecule has 1 aromatic rings. The Hall–Kier alpha value is -0.820. The van der Waals surface area contributed by atoms with Crippen molar-refractivity contribution in [3.8, 4) is 0 Å². The Balaban J connectivity index is 2.27. The highest BCUT2D eigenvalue weighted by Crippen LogP contribution is 2.36. The van der Waals surface area contributed by atoms with E-state index in [0.717, 1.165) is 6.07 Å². The van der Waals surface area contributed by atoms with Gasteiger partial charge in [0.1, 0.15) is 5.82 Å². The number of alkyl halides is 3. The standard InChI is InChI=1S/C11H12BrF3N2O/c1-6-9(2-3-18-6)17-10-8(11(13,14)15)4-7(12)5-16-10/h4-6,9H,2-3H2,1H3,(H,16,17). The highest BCUT2D eigenvalue weighted by molar-refractivity contribution is 9.10. The zero-order valence-corrected chi connectivity index (χ0v) is 11.2. The minimum atomic E-state index is -4.43. The van der Waals surface area contributed by atoms with E-state index in [1.165, 1.54) is 6.20 Å². The van der Waals surface area contributed by atoms with E-state index in [1.54, 1.807) is 0 Å². The van der Waals surface area contributed by atoms with Crippen molar-refractivity contribution in [2.24, 2.45) is 0 Å². The molecule has 2 atom stereocenters. The summed E-state index contributed by atoms with van der Waals surface area (Å²) < 4.78 is 44.2. The van der Waals surface area contributed by atoms with E-state index in [1.807, 2.05) is 6.92 Å². The zero-order chi connectivity index (χ0) is 13.3. The van der Waals surface area contributed by atoms with Gasteiger partial charge in [-0.25, -0.2) is 4.98 Å². The molecule has 3 nitrogen and oxygen atoms in total. The molecule has 0 amide bonds. The second-order valence-corrected chi connectivity index (χ2v) is 5.08. The molecule has 1 N–H and O–H groups in total. The van der Waals surface area contributed by atoms with Crippen molar-refractivity contribution in [1.82, 2.24) is 4.98 Å². The van der Waals surface area contributed by atoms with Crippen LogP contribution in [0.1, 0.15) is 18.9 Å². The molecule has 18 heavy (non-hydrogen) atoms. The van der Waals surface area contributed by atoms with Crippen LogP contribution in [0.3, 0.4) is 0 Å². The normalized spacial score (nSPS) is 24.3. The van der Waals surface area contributed by atoms with E-state index < -0.39 is 11.7 Å². The summed E-state index contributed by atoms with van der Waals surface area (Å²) in [5, 5.41) is 2.82. The lowest BCUT2D eigenvalue weighted by Gasteiger charge is -2.20. The molecule has 2 unspecified atom stereocenters. The molecular formula is C11H12BrF3N2O. The van der Waals surface area contributed by atoms with Crippen LogP contribution < -0.4 is 5.32 Å². The van der Waals surface area contributed by atoms with E-state index in [4.69, 9.17) is 4.74 Å². The van der Waals surface area contributed by atoms with Crippen molar-refractivity contribution in [1.29, 1.82) is 0 Å². The molecular weight excluding hydrogens is 313 g/mol. The van der Waals surface area contributed by atoms with Crippen LogP contribution in [0.25, 0.3) is 0 Å². The molecule has 100 valence electrons. The van der Waals surface area contributed by atoms with Gasteiger partial charge < -0.3 is 10.1 Å². The molecule has 0 saturated carbocycles. The third-order valence-electron chi connectivity index (χ3n) is 2.86. The van der Waals surface area contributed by atoms with Gasteiger partial charge in [0.05, 0.1) is 17.7 Å². The van der Waals surface area contributed by atoms with Gasteiger partial charge in [-0.15, -0.1) is 0 Å². The fourth-order valence-corrected chi connectivity index (χ4v) is 2.20. The smallest absolute Gasteiger partial charge is 0.376 e. The van der Waals surface area contributed by atoms with Crippen molar-refractivity contribution < 1.29 is 17.9 Å². The first kappa shape index (κ1) is 13.6. The third kappa shape index (κ3) is 2.95. The van der Waals surface area contributed by atoms with Gasteiger partial charge >= 0.3 is 6.18 Å². The maximum absolute atomic E-state index is 12.9. The Bertz CT molecular complexity index is 439. The average molecular weight is 325 g/mol. The first-order valence-corrected chi connectivity index (χ1v) is 6.28. The molecule has 0 aliphatic carbocycles. The van der Waals surface area contributed by atoms with E-state index in [0.29, 0.717) is 17.5 Å². The SMILES string of the molecule is CC1OCCC1Nc1ncc(Br)cc1C(F)(F)F. The largest absolute Gasteiger partial charge is 0.419 e. The van der Waals surface area contributed by atoms with Crippen LogP contribution in [0.15, 0.2) is 16.7 Å². The molecule has 7 heteroatoms. The Morgan fingerprint density at radius 3 is 2.78 bits per heavy atom. The molecule has 2 heterocycles. The Morgan fingerprint density at radius 1 is 1.50 bits per heavy atom. The van der Waals surface area contributed by atoms with Crippen LogP contribution >= 0.6 is 15.9 Å². The average Bonchev–Trinajstić information content (AvgIpc) is 2.66. The molecule has 1 aliphatic heterocycles. The minimum absolute atomic E-state index is 0.114. The highest BCUT2D eigenvalue weighted by Gasteiger charge is 2.36. The highest BCUT2D eigenvalue weighted by atomic mass is 79.9. The topological polar surface area (TPSA) is 34.1 Å². The van der Waals surface area contributed by atoms with Crippen LogP contribution in [0, 0.1) is 0 Å². The van der Waals surface area contributed by atoms with Crippen LogP contribution in [-0.4, -0.2) is 23.7 Å². The molecule has 1 fully saturated rings. The first-order valence-electron chi connectivity index (χ1n) is 5.49. The lowest BCUT2D eigenvalue weighted by atomic mass is 10.1. The maximum Gasteiger partial charge on any atom is 0.419 e. The number of hydrogen-bond acceptors (Lipinski definition) is 3. The molecule has 0 bridgehead atoms. The number of halogens is 4. The summed E-state index contributed by atoms with van der Waals surface area (Å²) in [5.41, 5.74) is -0.768. The molecule has 0 radical (unpaired) electrons. The summed E-state index contributed by atoms with van der Waals surface area (Å²) in [6.07, 6.45) is -2.52. The van der Waals surface area contributed by atoms with Gasteiger partial charge in [0, 0.05) is 17.3 Å². The Morgan fingerprint density at radius 2 is 2.22 bits per heavy atom. The number of hydrogen-bond donors (Lipinski definition) is 1. The predicted octanol–water partition coefficient (Wildman–Crippen LogP) is 3.45. The molecule has 1 aromatic heterocycles. The first-order chi connectivity index (χ1) is 8.38. The molecule has 1 aliphatic rings. The predicted molar refractivity (Wildman–Crippen MR) is 64.4 cm³/mol. The molecule has 1 saturated heterocycles. The van der Waals surface area contributed by atoms with Gasteiger partial charge in [0.25, 0.3) is 0 Å². The number of nitrogens with one attached hydrogen (secondary N) is 1. The quantitative estimate of drug-likeness (QED) is 0.904. The van der Waals surface area contributed by atoms with Gasteiger partial charge in [-0.2, -0.15) is 13.2 Å². The Kier molecular flexibility index (Phi) is 3.82. The summed E-state index contributed by atoms with van der Waals surface area (Å²) in [6, 6.07) is 0.885. The van der Waals surface area contributed by atoms with E-state index >= 15 is 0 Å². The molecule has 2 rings (SSSR count). The number of anilines is 1. The number of aromatic nitrogens is 1. The van der Waals surface area contributed by atoms with Gasteiger partial charge in [-0.05, 0) is 35.3 Å². The van der Waals surface area contributed by atoms with Crippen molar-refractivity contribution in [2.45, 2.75) is 31.7 Å². The summed E-state index contributed by atoms with van der Waals surface area (Å²) in [4.78, 5) is 3.81. The van der Waals surface area contributed by atoms with Gasteiger partial charge in [-0.3, -0.25) is 0 Å².